The van der Waals surface area contributed by atoms with Crippen LogP contribution in [0.2, 0.25) is 0 Å². The molecule has 0 aromatic heterocycles. The Labute approximate surface area is 105 Å². The highest BCUT2D eigenvalue weighted by Gasteiger charge is 2.32. The van der Waals surface area contributed by atoms with E-state index in [1.165, 1.54) is 0 Å². The number of carboxylic acid groups (broad SMARTS) is 1. The van der Waals surface area contributed by atoms with Crippen LogP contribution in [0.15, 0.2) is 42.5 Å². The van der Waals surface area contributed by atoms with E-state index in [-0.39, 0.29) is 0 Å². The molecule has 1 heterocycles. The Morgan fingerprint density at radius 2 is 1.83 bits per heavy atom. The molecule has 2 aromatic rings. The number of carbonyl (C=O) groups is 1. The Hall–Kier alpha value is -2.29. The van der Waals surface area contributed by atoms with Crippen LogP contribution in [0.1, 0.15) is 22.6 Å². The zero-order chi connectivity index (χ0) is 12.7. The van der Waals surface area contributed by atoms with Crippen molar-refractivity contribution in [3.05, 3.63) is 59.2 Å². The topological polar surface area (TPSA) is 46.5 Å². The van der Waals surface area contributed by atoms with Gasteiger partial charge in [0.25, 0.3) is 0 Å². The minimum atomic E-state index is -0.849. The number of rotatable bonds is 1. The zero-order valence-corrected chi connectivity index (χ0v) is 9.88. The summed E-state index contributed by atoms with van der Waals surface area (Å²) >= 11 is 0. The van der Waals surface area contributed by atoms with Crippen molar-refractivity contribution in [1.82, 2.24) is 0 Å². The molecular formula is C15H12O3. The number of hydrogen-bond donors (Lipinski definition) is 1. The third-order valence-corrected chi connectivity index (χ3v) is 3.24. The second-order valence-electron chi connectivity index (χ2n) is 4.40. The Morgan fingerprint density at radius 3 is 2.61 bits per heavy atom. The smallest absolute Gasteiger partial charge is 0.315 e. The molecular weight excluding hydrogens is 228 g/mol. The quantitative estimate of drug-likeness (QED) is 0.831. The summed E-state index contributed by atoms with van der Waals surface area (Å²) in [7, 11) is 0. The molecule has 0 radical (unpaired) electrons. The number of carboxylic acids is 1. The van der Waals surface area contributed by atoms with Gasteiger partial charge in [-0.3, -0.25) is 4.79 Å². The molecule has 0 saturated heterocycles. The van der Waals surface area contributed by atoms with E-state index in [1.807, 2.05) is 37.3 Å². The number of benzene rings is 2. The largest absolute Gasteiger partial charge is 0.481 e. The number of ether oxygens (including phenoxy) is 1. The Kier molecular flexibility index (Phi) is 2.33. The van der Waals surface area contributed by atoms with Gasteiger partial charge < -0.3 is 9.84 Å². The molecule has 3 rings (SSSR count). The number of para-hydroxylation sites is 2. The summed E-state index contributed by atoms with van der Waals surface area (Å²) in [5, 5.41) is 9.47. The van der Waals surface area contributed by atoms with Crippen LogP contribution in [0.4, 0.5) is 0 Å². The second kappa shape index (κ2) is 3.88. The van der Waals surface area contributed by atoms with Gasteiger partial charge in [0.05, 0.1) is 0 Å². The standard InChI is InChI=1S/C15H12O3/c1-9-5-4-7-11-13(15(16)17)10-6-2-3-8-12(10)18-14(9)11/h2-8,13H,1H3,(H,16,17)/t13-/m0/s1. The van der Waals surface area contributed by atoms with E-state index >= 15 is 0 Å². The molecule has 0 unspecified atom stereocenters. The van der Waals surface area contributed by atoms with Crippen LogP contribution in [0.3, 0.4) is 0 Å². The zero-order valence-electron chi connectivity index (χ0n) is 9.88. The van der Waals surface area contributed by atoms with Gasteiger partial charge in [0.1, 0.15) is 17.4 Å². The highest BCUT2D eigenvalue weighted by molar-refractivity contribution is 5.84. The van der Waals surface area contributed by atoms with E-state index in [1.54, 1.807) is 12.1 Å². The van der Waals surface area contributed by atoms with Gasteiger partial charge in [0, 0.05) is 11.1 Å². The third kappa shape index (κ3) is 1.48. The van der Waals surface area contributed by atoms with Crippen LogP contribution in [0, 0.1) is 6.92 Å². The minimum Gasteiger partial charge on any atom is -0.481 e. The van der Waals surface area contributed by atoms with Crippen molar-refractivity contribution in [2.24, 2.45) is 0 Å². The average molecular weight is 240 g/mol. The first-order valence-corrected chi connectivity index (χ1v) is 5.77. The van der Waals surface area contributed by atoms with Crippen molar-refractivity contribution in [2.75, 3.05) is 0 Å². The summed E-state index contributed by atoms with van der Waals surface area (Å²) in [6.07, 6.45) is 0. The molecule has 0 saturated carbocycles. The van der Waals surface area contributed by atoms with E-state index in [4.69, 9.17) is 4.74 Å². The highest BCUT2D eigenvalue weighted by atomic mass is 16.5. The summed E-state index contributed by atoms with van der Waals surface area (Å²) in [6, 6.07) is 12.9. The van der Waals surface area contributed by atoms with Gasteiger partial charge >= 0.3 is 5.97 Å². The predicted molar refractivity (Wildman–Crippen MR) is 67.2 cm³/mol. The normalized spacial score (nSPS) is 16.4. The van der Waals surface area contributed by atoms with E-state index in [2.05, 4.69) is 0 Å². The molecule has 0 fully saturated rings. The lowest BCUT2D eigenvalue weighted by molar-refractivity contribution is -0.137. The predicted octanol–water partition coefficient (Wildman–Crippen LogP) is 3.32. The first kappa shape index (κ1) is 10.8. The maximum Gasteiger partial charge on any atom is 0.315 e. The van der Waals surface area contributed by atoms with E-state index in [0.717, 1.165) is 11.1 Å². The van der Waals surface area contributed by atoms with Gasteiger partial charge in [-0.1, -0.05) is 36.4 Å². The second-order valence-corrected chi connectivity index (χ2v) is 4.40. The van der Waals surface area contributed by atoms with E-state index in [9.17, 15) is 9.90 Å². The molecule has 1 aliphatic rings. The lowest BCUT2D eigenvalue weighted by Crippen LogP contribution is -2.18. The van der Waals surface area contributed by atoms with Crippen LogP contribution in [0.25, 0.3) is 0 Å². The van der Waals surface area contributed by atoms with Gasteiger partial charge in [-0.25, -0.2) is 0 Å². The highest BCUT2D eigenvalue weighted by Crippen LogP contribution is 2.45. The van der Waals surface area contributed by atoms with Crippen molar-refractivity contribution in [3.63, 3.8) is 0 Å². The van der Waals surface area contributed by atoms with E-state index in [0.29, 0.717) is 17.1 Å². The summed E-state index contributed by atoms with van der Waals surface area (Å²) in [5.41, 5.74) is 2.39. The monoisotopic (exact) mass is 240 g/mol. The Bertz CT molecular complexity index is 631. The van der Waals surface area contributed by atoms with Crippen molar-refractivity contribution in [2.45, 2.75) is 12.8 Å². The SMILES string of the molecule is Cc1cccc2c1Oc1ccccc1[C@@H]2C(=O)O. The van der Waals surface area contributed by atoms with Crippen molar-refractivity contribution < 1.29 is 14.6 Å². The molecule has 1 atom stereocenters. The van der Waals surface area contributed by atoms with Crippen LogP contribution in [0.5, 0.6) is 11.5 Å². The Balaban J connectivity index is 2.27. The van der Waals surface area contributed by atoms with Gasteiger partial charge in [0.2, 0.25) is 0 Å². The number of fused-ring (bicyclic) bond motifs is 2. The van der Waals surface area contributed by atoms with Crippen LogP contribution in [-0.4, -0.2) is 11.1 Å². The molecule has 3 nitrogen and oxygen atoms in total. The average Bonchev–Trinajstić information content (AvgIpc) is 2.36. The fourth-order valence-electron chi connectivity index (χ4n) is 2.40. The molecule has 1 N–H and O–H groups in total. The summed E-state index contributed by atoms with van der Waals surface area (Å²) in [6.45, 7) is 1.92. The number of hydrogen-bond acceptors (Lipinski definition) is 2. The van der Waals surface area contributed by atoms with Gasteiger partial charge in [-0.2, -0.15) is 0 Å². The summed E-state index contributed by atoms with van der Waals surface area (Å²) < 4.78 is 5.83. The summed E-state index contributed by atoms with van der Waals surface area (Å²) in [4.78, 5) is 11.5. The maximum absolute atomic E-state index is 11.5. The van der Waals surface area contributed by atoms with E-state index < -0.39 is 11.9 Å². The van der Waals surface area contributed by atoms with Gasteiger partial charge in [-0.05, 0) is 18.6 Å². The molecule has 18 heavy (non-hydrogen) atoms. The fourth-order valence-corrected chi connectivity index (χ4v) is 2.40. The van der Waals surface area contributed by atoms with Crippen LogP contribution >= 0.6 is 0 Å². The lowest BCUT2D eigenvalue weighted by atomic mass is 9.87. The molecule has 90 valence electrons. The summed E-state index contributed by atoms with van der Waals surface area (Å²) in [5.74, 6) is -0.197. The molecule has 2 aromatic carbocycles. The molecule has 0 aliphatic carbocycles. The first-order valence-electron chi connectivity index (χ1n) is 5.77. The minimum absolute atomic E-state index is 0.631. The van der Waals surface area contributed by atoms with Crippen LogP contribution in [-0.2, 0) is 4.79 Å². The van der Waals surface area contributed by atoms with Crippen molar-refractivity contribution in [3.8, 4) is 11.5 Å². The van der Waals surface area contributed by atoms with Gasteiger partial charge in [0.15, 0.2) is 0 Å². The maximum atomic E-state index is 11.5. The molecule has 0 bridgehead atoms. The molecule has 3 heteroatoms. The molecule has 0 amide bonds. The Morgan fingerprint density at radius 1 is 1.11 bits per heavy atom. The van der Waals surface area contributed by atoms with Crippen molar-refractivity contribution >= 4 is 5.97 Å². The van der Waals surface area contributed by atoms with Gasteiger partial charge in [-0.15, -0.1) is 0 Å². The number of aliphatic carboxylic acids is 1. The third-order valence-electron chi connectivity index (χ3n) is 3.24. The molecule has 0 spiro atoms. The fraction of sp³-hybridized carbons (Fsp3) is 0.133. The first-order chi connectivity index (χ1) is 8.68. The lowest BCUT2D eigenvalue weighted by Gasteiger charge is -2.26. The number of aryl methyl sites for hydroxylation is 1. The molecule has 1 aliphatic heterocycles. The van der Waals surface area contributed by atoms with Crippen molar-refractivity contribution in [1.29, 1.82) is 0 Å². The van der Waals surface area contributed by atoms with Crippen LogP contribution < -0.4 is 4.74 Å².